The van der Waals surface area contributed by atoms with Crippen molar-refractivity contribution in [1.29, 1.82) is 0 Å². The zero-order valence-electron chi connectivity index (χ0n) is 12.6. The number of furan rings is 1. The second-order valence-electron chi connectivity index (χ2n) is 5.42. The van der Waals surface area contributed by atoms with E-state index in [4.69, 9.17) is 4.42 Å². The summed E-state index contributed by atoms with van der Waals surface area (Å²) in [4.78, 5) is 12.4. The molecule has 1 atom stereocenters. The van der Waals surface area contributed by atoms with Crippen molar-refractivity contribution >= 4 is 16.9 Å². The fourth-order valence-electron chi connectivity index (χ4n) is 2.55. The summed E-state index contributed by atoms with van der Waals surface area (Å²) >= 11 is 0. The van der Waals surface area contributed by atoms with Crippen LogP contribution >= 0.6 is 0 Å². The average molecular weight is 293 g/mol. The molecule has 0 aliphatic carbocycles. The van der Waals surface area contributed by atoms with E-state index in [1.807, 2.05) is 42.5 Å². The number of rotatable bonds is 5. The number of para-hydroxylation sites is 1. The van der Waals surface area contributed by atoms with Gasteiger partial charge in [0.05, 0.1) is 0 Å². The SMILES string of the molecule is CC[C@H](Cc1ccccc1)NC(=O)c1cc2ccccc2o1. The minimum atomic E-state index is -0.154. The normalized spacial score (nSPS) is 12.2. The number of amides is 1. The molecule has 22 heavy (non-hydrogen) atoms. The first kappa shape index (κ1) is 14.4. The number of benzene rings is 2. The Morgan fingerprint density at radius 2 is 1.82 bits per heavy atom. The lowest BCUT2D eigenvalue weighted by Gasteiger charge is -2.16. The molecule has 112 valence electrons. The van der Waals surface area contributed by atoms with Crippen molar-refractivity contribution in [3.8, 4) is 0 Å². The van der Waals surface area contributed by atoms with E-state index in [2.05, 4.69) is 24.4 Å². The summed E-state index contributed by atoms with van der Waals surface area (Å²) in [6.45, 7) is 2.08. The molecule has 1 heterocycles. The molecule has 1 N–H and O–H groups in total. The maximum absolute atomic E-state index is 12.4. The van der Waals surface area contributed by atoms with Gasteiger partial charge in [-0.3, -0.25) is 4.79 Å². The zero-order chi connectivity index (χ0) is 15.4. The Balaban J connectivity index is 1.71. The van der Waals surface area contributed by atoms with Crippen LogP contribution in [-0.2, 0) is 6.42 Å². The van der Waals surface area contributed by atoms with Crippen molar-refractivity contribution in [2.24, 2.45) is 0 Å². The molecule has 0 radical (unpaired) electrons. The van der Waals surface area contributed by atoms with Gasteiger partial charge in [0.15, 0.2) is 5.76 Å². The Morgan fingerprint density at radius 3 is 2.55 bits per heavy atom. The summed E-state index contributed by atoms with van der Waals surface area (Å²) in [5, 5.41) is 4.01. The Bertz CT molecular complexity index is 728. The van der Waals surface area contributed by atoms with Gasteiger partial charge < -0.3 is 9.73 Å². The minimum absolute atomic E-state index is 0.100. The second-order valence-corrected chi connectivity index (χ2v) is 5.42. The van der Waals surface area contributed by atoms with Crippen LogP contribution in [0.3, 0.4) is 0 Å². The highest BCUT2D eigenvalue weighted by Gasteiger charge is 2.16. The van der Waals surface area contributed by atoms with Crippen molar-refractivity contribution in [2.45, 2.75) is 25.8 Å². The van der Waals surface area contributed by atoms with E-state index in [0.717, 1.165) is 23.8 Å². The highest BCUT2D eigenvalue weighted by atomic mass is 16.3. The van der Waals surface area contributed by atoms with E-state index in [9.17, 15) is 4.79 Å². The Hall–Kier alpha value is -2.55. The maximum Gasteiger partial charge on any atom is 0.287 e. The van der Waals surface area contributed by atoms with Crippen molar-refractivity contribution in [2.75, 3.05) is 0 Å². The molecule has 0 aliphatic heterocycles. The Morgan fingerprint density at radius 1 is 1.09 bits per heavy atom. The molecule has 3 heteroatoms. The number of nitrogens with one attached hydrogen (secondary N) is 1. The number of carbonyl (C=O) groups excluding carboxylic acids is 1. The molecule has 3 rings (SSSR count). The first-order chi connectivity index (χ1) is 10.8. The van der Waals surface area contributed by atoms with Crippen LogP contribution in [0.1, 0.15) is 29.5 Å². The number of carbonyl (C=O) groups is 1. The van der Waals surface area contributed by atoms with Gasteiger partial charge in [0, 0.05) is 11.4 Å². The third-order valence-electron chi connectivity index (χ3n) is 3.80. The van der Waals surface area contributed by atoms with Crippen molar-refractivity contribution in [3.63, 3.8) is 0 Å². The molecule has 0 fully saturated rings. The first-order valence-corrected chi connectivity index (χ1v) is 7.59. The molecule has 3 nitrogen and oxygen atoms in total. The second kappa shape index (κ2) is 6.48. The highest BCUT2D eigenvalue weighted by molar-refractivity contribution is 5.96. The van der Waals surface area contributed by atoms with Gasteiger partial charge in [-0.05, 0) is 30.5 Å². The first-order valence-electron chi connectivity index (χ1n) is 7.59. The molecule has 1 aromatic heterocycles. The van der Waals surface area contributed by atoms with Gasteiger partial charge >= 0.3 is 0 Å². The largest absolute Gasteiger partial charge is 0.451 e. The van der Waals surface area contributed by atoms with Crippen LogP contribution in [0.15, 0.2) is 65.1 Å². The maximum atomic E-state index is 12.4. The van der Waals surface area contributed by atoms with Crippen LogP contribution in [0.4, 0.5) is 0 Å². The van der Waals surface area contributed by atoms with E-state index >= 15 is 0 Å². The lowest BCUT2D eigenvalue weighted by Crippen LogP contribution is -2.35. The summed E-state index contributed by atoms with van der Waals surface area (Å²) in [7, 11) is 0. The van der Waals surface area contributed by atoms with Crippen LogP contribution in [0.25, 0.3) is 11.0 Å². The van der Waals surface area contributed by atoms with Crippen LogP contribution in [-0.4, -0.2) is 11.9 Å². The van der Waals surface area contributed by atoms with Gasteiger partial charge in [-0.1, -0.05) is 55.5 Å². The van der Waals surface area contributed by atoms with Gasteiger partial charge in [0.2, 0.25) is 0 Å². The van der Waals surface area contributed by atoms with Gasteiger partial charge in [-0.2, -0.15) is 0 Å². The molecule has 0 unspecified atom stereocenters. The Labute approximate surface area is 130 Å². The van der Waals surface area contributed by atoms with Gasteiger partial charge in [-0.25, -0.2) is 0 Å². The minimum Gasteiger partial charge on any atom is -0.451 e. The summed E-state index contributed by atoms with van der Waals surface area (Å²) in [5.41, 5.74) is 1.96. The molecule has 0 bridgehead atoms. The third kappa shape index (κ3) is 3.19. The van der Waals surface area contributed by atoms with Gasteiger partial charge in [-0.15, -0.1) is 0 Å². The van der Waals surface area contributed by atoms with E-state index in [-0.39, 0.29) is 11.9 Å². The highest BCUT2D eigenvalue weighted by Crippen LogP contribution is 2.19. The summed E-state index contributed by atoms with van der Waals surface area (Å²) in [6.07, 6.45) is 1.70. The molecule has 0 saturated heterocycles. The fourth-order valence-corrected chi connectivity index (χ4v) is 2.55. The van der Waals surface area contributed by atoms with Crippen LogP contribution in [0.5, 0.6) is 0 Å². The van der Waals surface area contributed by atoms with Gasteiger partial charge in [0.1, 0.15) is 5.58 Å². The third-order valence-corrected chi connectivity index (χ3v) is 3.80. The lowest BCUT2D eigenvalue weighted by atomic mass is 10.0. The molecule has 0 saturated carbocycles. The quantitative estimate of drug-likeness (QED) is 0.766. The lowest BCUT2D eigenvalue weighted by molar-refractivity contribution is 0.0910. The van der Waals surface area contributed by atoms with E-state index < -0.39 is 0 Å². The topological polar surface area (TPSA) is 42.2 Å². The van der Waals surface area contributed by atoms with Crippen LogP contribution in [0, 0.1) is 0 Å². The van der Waals surface area contributed by atoms with E-state index in [1.165, 1.54) is 5.56 Å². The zero-order valence-corrected chi connectivity index (χ0v) is 12.6. The summed E-state index contributed by atoms with van der Waals surface area (Å²) < 4.78 is 5.61. The smallest absolute Gasteiger partial charge is 0.287 e. The fraction of sp³-hybridized carbons (Fsp3) is 0.211. The molecule has 2 aromatic carbocycles. The monoisotopic (exact) mass is 293 g/mol. The van der Waals surface area contributed by atoms with E-state index in [1.54, 1.807) is 6.07 Å². The molecular weight excluding hydrogens is 274 g/mol. The van der Waals surface area contributed by atoms with Gasteiger partial charge in [0.25, 0.3) is 5.91 Å². The standard InChI is InChI=1S/C19H19NO2/c1-2-16(12-14-8-4-3-5-9-14)20-19(21)18-13-15-10-6-7-11-17(15)22-18/h3-11,13,16H,2,12H2,1H3,(H,20,21)/t16-/m1/s1. The van der Waals surface area contributed by atoms with Crippen molar-refractivity contribution in [1.82, 2.24) is 5.32 Å². The van der Waals surface area contributed by atoms with Crippen LogP contribution < -0.4 is 5.32 Å². The molecule has 0 aliphatic rings. The summed E-state index contributed by atoms with van der Waals surface area (Å²) in [5.74, 6) is 0.215. The average Bonchev–Trinajstić information content (AvgIpc) is 2.99. The number of hydrogen-bond acceptors (Lipinski definition) is 2. The summed E-state index contributed by atoms with van der Waals surface area (Å²) in [6, 6.07) is 19.7. The molecule has 0 spiro atoms. The number of fused-ring (bicyclic) bond motifs is 1. The van der Waals surface area contributed by atoms with Crippen molar-refractivity contribution in [3.05, 3.63) is 72.0 Å². The number of hydrogen-bond donors (Lipinski definition) is 1. The predicted molar refractivity (Wildman–Crippen MR) is 87.9 cm³/mol. The predicted octanol–water partition coefficient (Wildman–Crippen LogP) is 4.18. The Kier molecular flexibility index (Phi) is 4.24. The molecule has 1 amide bonds. The van der Waals surface area contributed by atoms with Crippen LogP contribution in [0.2, 0.25) is 0 Å². The molecular formula is C19H19NO2. The van der Waals surface area contributed by atoms with E-state index in [0.29, 0.717) is 5.76 Å². The van der Waals surface area contributed by atoms with Crippen molar-refractivity contribution < 1.29 is 9.21 Å². The molecule has 3 aromatic rings.